The highest BCUT2D eigenvalue weighted by Crippen LogP contribution is 2.03. The Morgan fingerprint density at radius 3 is 1.62 bits per heavy atom. The van der Waals surface area contributed by atoms with Gasteiger partial charge in [-0.15, -0.1) is 0 Å². The number of carboxylic acids is 4. The Hall–Kier alpha value is -3.75. The van der Waals surface area contributed by atoms with Gasteiger partial charge in [-0.1, -0.05) is 0 Å². The summed E-state index contributed by atoms with van der Waals surface area (Å²) in [6.45, 7) is 1.13. The van der Waals surface area contributed by atoms with Gasteiger partial charge >= 0.3 is 23.9 Å². The van der Waals surface area contributed by atoms with E-state index in [4.69, 9.17) is 26.2 Å². The lowest BCUT2D eigenvalue weighted by Crippen LogP contribution is -2.57. The summed E-state index contributed by atoms with van der Waals surface area (Å²) in [6.07, 6.45) is -2.72. The fourth-order valence-electron chi connectivity index (χ4n) is 2.26. The predicted octanol–water partition coefficient (Wildman–Crippen LogP) is -2.92. The molecule has 0 aliphatic heterocycles. The number of nitrogens with two attached hydrogens (primary N) is 1. The zero-order valence-corrected chi connectivity index (χ0v) is 17.1. The smallest absolute Gasteiger partial charge is 0.325 e. The standard InChI is InChI=1S/C17H26N4O11/c1-7(17(31)32)19-15(29)9(3-5-12(24)25)20-16(30)10(6-13(26)27)21-14(28)8(18)2-4-11(22)23/h7-10H,2-6,18H2,1H3,(H,19,29)(H,20,30)(H,21,28)(H,22,23)(H,24,25)(H,26,27)(H,31,32). The number of rotatable bonds is 15. The lowest BCUT2D eigenvalue weighted by molar-refractivity contribution is -0.143. The van der Waals surface area contributed by atoms with Crippen LogP contribution in [-0.4, -0.2) is 86.2 Å². The summed E-state index contributed by atoms with van der Waals surface area (Å²) in [5.74, 6) is -8.66. The Labute approximate surface area is 181 Å². The number of carboxylic acid groups (broad SMARTS) is 4. The maximum Gasteiger partial charge on any atom is 0.325 e. The van der Waals surface area contributed by atoms with Crippen molar-refractivity contribution in [1.82, 2.24) is 16.0 Å². The normalized spacial score (nSPS) is 14.2. The minimum absolute atomic E-state index is 0.292. The molecule has 9 N–H and O–H groups in total. The summed E-state index contributed by atoms with van der Waals surface area (Å²) in [5, 5.41) is 41.5. The van der Waals surface area contributed by atoms with Crippen LogP contribution < -0.4 is 21.7 Å². The molecule has 3 amide bonds. The van der Waals surface area contributed by atoms with Crippen LogP contribution in [-0.2, 0) is 33.6 Å². The van der Waals surface area contributed by atoms with Crippen molar-refractivity contribution in [2.75, 3.05) is 0 Å². The van der Waals surface area contributed by atoms with Crippen LogP contribution in [0.2, 0.25) is 0 Å². The Kier molecular flexibility index (Phi) is 11.9. The van der Waals surface area contributed by atoms with Crippen molar-refractivity contribution in [3.8, 4) is 0 Å². The molecule has 0 fully saturated rings. The summed E-state index contributed by atoms with van der Waals surface area (Å²) in [4.78, 5) is 80.2. The highest BCUT2D eigenvalue weighted by atomic mass is 16.4. The molecule has 0 aromatic heterocycles. The number of carbonyl (C=O) groups is 7. The molecule has 15 nitrogen and oxygen atoms in total. The van der Waals surface area contributed by atoms with Gasteiger partial charge < -0.3 is 42.1 Å². The Morgan fingerprint density at radius 1 is 0.688 bits per heavy atom. The first-order chi connectivity index (χ1) is 14.7. The van der Waals surface area contributed by atoms with Crippen molar-refractivity contribution in [1.29, 1.82) is 0 Å². The van der Waals surface area contributed by atoms with Gasteiger partial charge in [-0.3, -0.25) is 33.6 Å². The predicted molar refractivity (Wildman–Crippen MR) is 103 cm³/mol. The number of carbonyl (C=O) groups excluding carboxylic acids is 3. The maximum absolute atomic E-state index is 12.5. The second-order valence-corrected chi connectivity index (χ2v) is 6.76. The zero-order chi connectivity index (χ0) is 25.0. The molecule has 4 unspecified atom stereocenters. The number of amides is 3. The summed E-state index contributed by atoms with van der Waals surface area (Å²) in [6, 6.07) is -6.01. The largest absolute Gasteiger partial charge is 0.481 e. The van der Waals surface area contributed by atoms with Gasteiger partial charge in [0.15, 0.2) is 0 Å². The van der Waals surface area contributed by atoms with Crippen LogP contribution in [0.15, 0.2) is 0 Å². The Bertz CT molecular complexity index is 755. The van der Waals surface area contributed by atoms with E-state index in [0.717, 1.165) is 6.92 Å². The van der Waals surface area contributed by atoms with E-state index in [1.807, 2.05) is 10.6 Å². The van der Waals surface area contributed by atoms with Crippen LogP contribution in [0.3, 0.4) is 0 Å². The molecule has 0 aromatic carbocycles. The summed E-state index contributed by atoms with van der Waals surface area (Å²) < 4.78 is 0. The van der Waals surface area contributed by atoms with Crippen molar-refractivity contribution in [3.63, 3.8) is 0 Å². The molecule has 4 atom stereocenters. The molecule has 180 valence electrons. The molecule has 0 rings (SSSR count). The van der Waals surface area contributed by atoms with E-state index in [1.54, 1.807) is 0 Å². The molecule has 0 saturated heterocycles. The van der Waals surface area contributed by atoms with Crippen molar-refractivity contribution < 1.29 is 54.0 Å². The molecule has 32 heavy (non-hydrogen) atoms. The highest BCUT2D eigenvalue weighted by molar-refractivity contribution is 5.95. The van der Waals surface area contributed by atoms with Gasteiger partial charge in [0.2, 0.25) is 17.7 Å². The first kappa shape index (κ1) is 28.2. The molecule has 0 bridgehead atoms. The second kappa shape index (κ2) is 13.5. The molecule has 0 heterocycles. The molecule has 15 heteroatoms. The number of hydrogen-bond acceptors (Lipinski definition) is 8. The number of nitrogens with one attached hydrogen (secondary N) is 3. The summed E-state index contributed by atoms with van der Waals surface area (Å²) in [7, 11) is 0. The van der Waals surface area contributed by atoms with Crippen LogP contribution in [0.25, 0.3) is 0 Å². The first-order valence-corrected chi connectivity index (χ1v) is 9.29. The molecule has 0 aliphatic carbocycles. The lowest BCUT2D eigenvalue weighted by atomic mass is 10.1. The molecule has 0 aromatic rings. The first-order valence-electron chi connectivity index (χ1n) is 9.29. The van der Waals surface area contributed by atoms with Crippen molar-refractivity contribution in [3.05, 3.63) is 0 Å². The van der Waals surface area contributed by atoms with Gasteiger partial charge in [0.1, 0.15) is 18.1 Å². The third kappa shape index (κ3) is 11.4. The second-order valence-electron chi connectivity index (χ2n) is 6.76. The molecule has 0 spiro atoms. The average Bonchev–Trinajstić information content (AvgIpc) is 2.67. The van der Waals surface area contributed by atoms with Crippen molar-refractivity contribution in [2.24, 2.45) is 5.73 Å². The van der Waals surface area contributed by atoms with Crippen LogP contribution in [0.4, 0.5) is 0 Å². The summed E-state index contributed by atoms with van der Waals surface area (Å²) in [5.41, 5.74) is 5.52. The average molecular weight is 462 g/mol. The van der Waals surface area contributed by atoms with E-state index in [9.17, 15) is 33.6 Å². The lowest BCUT2D eigenvalue weighted by Gasteiger charge is -2.23. The van der Waals surface area contributed by atoms with Crippen LogP contribution in [0.5, 0.6) is 0 Å². The monoisotopic (exact) mass is 462 g/mol. The van der Waals surface area contributed by atoms with Gasteiger partial charge in [-0.05, 0) is 19.8 Å². The van der Waals surface area contributed by atoms with Crippen LogP contribution in [0, 0.1) is 0 Å². The molecular formula is C17H26N4O11. The van der Waals surface area contributed by atoms with E-state index >= 15 is 0 Å². The number of aliphatic carboxylic acids is 4. The Balaban J connectivity index is 5.40. The van der Waals surface area contributed by atoms with Gasteiger partial charge in [0.05, 0.1) is 12.5 Å². The van der Waals surface area contributed by atoms with Crippen LogP contribution in [0.1, 0.15) is 39.0 Å². The number of hydrogen-bond donors (Lipinski definition) is 8. The minimum Gasteiger partial charge on any atom is -0.481 e. The third-order valence-electron chi connectivity index (χ3n) is 4.03. The van der Waals surface area contributed by atoms with E-state index in [0.29, 0.717) is 0 Å². The Morgan fingerprint density at radius 2 is 1.16 bits per heavy atom. The molecular weight excluding hydrogens is 436 g/mol. The summed E-state index contributed by atoms with van der Waals surface area (Å²) >= 11 is 0. The third-order valence-corrected chi connectivity index (χ3v) is 4.03. The highest BCUT2D eigenvalue weighted by Gasteiger charge is 2.31. The SMILES string of the molecule is CC(NC(=O)C(CCC(=O)O)NC(=O)C(CC(=O)O)NC(=O)C(N)CCC(=O)O)C(=O)O. The molecule has 0 radical (unpaired) electrons. The van der Waals surface area contributed by atoms with E-state index in [-0.39, 0.29) is 6.42 Å². The van der Waals surface area contributed by atoms with Gasteiger partial charge in [0.25, 0.3) is 0 Å². The van der Waals surface area contributed by atoms with E-state index in [1.165, 1.54) is 0 Å². The fourth-order valence-corrected chi connectivity index (χ4v) is 2.26. The quantitative estimate of drug-likeness (QED) is 0.122. The van der Waals surface area contributed by atoms with E-state index in [2.05, 4.69) is 5.32 Å². The van der Waals surface area contributed by atoms with Gasteiger partial charge in [0, 0.05) is 12.8 Å². The maximum atomic E-state index is 12.5. The topological polar surface area (TPSA) is 263 Å². The zero-order valence-electron chi connectivity index (χ0n) is 17.1. The molecule has 0 aliphatic rings. The van der Waals surface area contributed by atoms with Crippen LogP contribution >= 0.6 is 0 Å². The van der Waals surface area contributed by atoms with Gasteiger partial charge in [-0.2, -0.15) is 0 Å². The van der Waals surface area contributed by atoms with Gasteiger partial charge in [-0.25, -0.2) is 0 Å². The molecule has 0 saturated carbocycles. The minimum atomic E-state index is -1.73. The van der Waals surface area contributed by atoms with Crippen molar-refractivity contribution in [2.45, 2.75) is 63.2 Å². The fraction of sp³-hybridized carbons (Fsp3) is 0.588. The van der Waals surface area contributed by atoms with E-state index < -0.39 is 91.4 Å². The van der Waals surface area contributed by atoms with Crippen molar-refractivity contribution >= 4 is 41.6 Å².